The lowest BCUT2D eigenvalue weighted by Gasteiger charge is -2.04. The average Bonchev–Trinajstić information content (AvgIpc) is 2.19. The van der Waals surface area contributed by atoms with Gasteiger partial charge in [-0.25, -0.2) is 0 Å². The smallest absolute Gasteiger partial charge is 0.196 e. The summed E-state index contributed by atoms with van der Waals surface area (Å²) in [7, 11) is 0. The Hall–Kier alpha value is -1.09. The largest absolute Gasteiger partial charge is 0.464 e. The lowest BCUT2D eigenvalue weighted by Crippen LogP contribution is -2.09. The fourth-order valence-corrected chi connectivity index (χ4v) is 1.88. The van der Waals surface area contributed by atoms with E-state index in [1.165, 1.54) is 0 Å². The third-order valence-corrected chi connectivity index (χ3v) is 2.88. The van der Waals surface area contributed by atoms with Crippen molar-refractivity contribution in [3.63, 3.8) is 0 Å². The molecule has 0 saturated carbocycles. The molecule has 15 heavy (non-hydrogen) atoms. The molecule has 0 fully saturated rings. The summed E-state index contributed by atoms with van der Waals surface area (Å²) in [5.41, 5.74) is 1.42. The Morgan fingerprint density at radius 3 is 2.73 bits per heavy atom. The number of halogens is 1. The van der Waals surface area contributed by atoms with Crippen LogP contribution in [0.2, 0.25) is 0 Å². The van der Waals surface area contributed by atoms with Gasteiger partial charge >= 0.3 is 0 Å². The summed E-state index contributed by atoms with van der Waals surface area (Å²) in [5, 5.41) is 0.635. The van der Waals surface area contributed by atoms with Crippen LogP contribution in [0.15, 0.2) is 38.1 Å². The molecule has 0 bridgehead atoms. The fourth-order valence-electron chi connectivity index (χ4n) is 1.52. The maximum absolute atomic E-state index is 12.0. The second kappa shape index (κ2) is 3.81. The molecule has 0 spiro atoms. The summed E-state index contributed by atoms with van der Waals surface area (Å²) in [6.07, 6.45) is 1.56. The standard InChI is InChI=1S/C12H11BrO2/c1-7(2)10-6-15-11-4-3-8(13)5-9(11)12(10)14/h3-7H,1-2H3. The quantitative estimate of drug-likeness (QED) is 0.788. The summed E-state index contributed by atoms with van der Waals surface area (Å²) in [6, 6.07) is 5.46. The predicted molar refractivity (Wildman–Crippen MR) is 64.3 cm³/mol. The van der Waals surface area contributed by atoms with Crippen molar-refractivity contribution in [1.29, 1.82) is 0 Å². The maximum atomic E-state index is 12.0. The van der Waals surface area contributed by atoms with Crippen LogP contribution in [0.3, 0.4) is 0 Å². The number of rotatable bonds is 1. The Kier molecular flexibility index (Phi) is 2.65. The first-order valence-corrected chi connectivity index (χ1v) is 5.60. The number of hydrogen-bond acceptors (Lipinski definition) is 2. The van der Waals surface area contributed by atoms with E-state index in [2.05, 4.69) is 15.9 Å². The Morgan fingerprint density at radius 2 is 2.07 bits per heavy atom. The molecule has 3 heteroatoms. The summed E-state index contributed by atoms with van der Waals surface area (Å²) in [4.78, 5) is 12.0. The third-order valence-electron chi connectivity index (χ3n) is 2.38. The van der Waals surface area contributed by atoms with Gasteiger partial charge in [-0.05, 0) is 24.1 Å². The monoisotopic (exact) mass is 266 g/mol. The fraction of sp³-hybridized carbons (Fsp3) is 0.250. The average molecular weight is 267 g/mol. The Balaban J connectivity index is 2.83. The van der Waals surface area contributed by atoms with Crippen LogP contribution in [-0.2, 0) is 0 Å². The van der Waals surface area contributed by atoms with E-state index >= 15 is 0 Å². The molecule has 0 aliphatic heterocycles. The van der Waals surface area contributed by atoms with Gasteiger partial charge in [0.05, 0.1) is 11.6 Å². The number of benzene rings is 1. The second-order valence-electron chi connectivity index (χ2n) is 3.82. The van der Waals surface area contributed by atoms with E-state index in [1.807, 2.05) is 19.9 Å². The van der Waals surface area contributed by atoms with E-state index in [4.69, 9.17) is 4.42 Å². The molecule has 0 amide bonds. The summed E-state index contributed by atoms with van der Waals surface area (Å²) in [5.74, 6) is 0.185. The number of fused-ring (bicyclic) bond motifs is 1. The third kappa shape index (κ3) is 1.84. The molecule has 78 valence electrons. The lowest BCUT2D eigenvalue weighted by molar-refractivity contribution is 0.586. The molecule has 1 aromatic heterocycles. The van der Waals surface area contributed by atoms with Gasteiger partial charge in [-0.1, -0.05) is 29.8 Å². The topological polar surface area (TPSA) is 30.2 Å². The Labute approximate surface area is 96.0 Å². The minimum Gasteiger partial charge on any atom is -0.464 e. The van der Waals surface area contributed by atoms with E-state index in [-0.39, 0.29) is 11.3 Å². The van der Waals surface area contributed by atoms with Crippen LogP contribution in [0.1, 0.15) is 25.3 Å². The SMILES string of the molecule is CC(C)c1coc2ccc(Br)cc2c1=O. The van der Waals surface area contributed by atoms with Gasteiger partial charge in [0.2, 0.25) is 0 Å². The van der Waals surface area contributed by atoms with Crippen LogP contribution < -0.4 is 5.43 Å². The normalized spacial score (nSPS) is 11.2. The number of hydrogen-bond donors (Lipinski definition) is 0. The molecular weight excluding hydrogens is 256 g/mol. The minimum absolute atomic E-state index is 0.0625. The molecule has 0 radical (unpaired) electrons. The van der Waals surface area contributed by atoms with Gasteiger partial charge in [-0.3, -0.25) is 4.79 Å². The zero-order valence-electron chi connectivity index (χ0n) is 8.58. The van der Waals surface area contributed by atoms with Gasteiger partial charge in [0, 0.05) is 10.0 Å². The molecule has 0 saturated heterocycles. The predicted octanol–water partition coefficient (Wildman–Crippen LogP) is 3.68. The summed E-state index contributed by atoms with van der Waals surface area (Å²) >= 11 is 3.35. The van der Waals surface area contributed by atoms with Crippen LogP contribution in [-0.4, -0.2) is 0 Å². The van der Waals surface area contributed by atoms with Crippen molar-refractivity contribution in [3.8, 4) is 0 Å². The van der Waals surface area contributed by atoms with E-state index in [1.54, 1.807) is 18.4 Å². The van der Waals surface area contributed by atoms with Gasteiger partial charge in [0.1, 0.15) is 5.58 Å². The van der Waals surface area contributed by atoms with Gasteiger partial charge in [-0.15, -0.1) is 0 Å². The van der Waals surface area contributed by atoms with Crippen LogP contribution in [0.4, 0.5) is 0 Å². The van der Waals surface area contributed by atoms with Crippen molar-refractivity contribution < 1.29 is 4.42 Å². The summed E-state index contributed by atoms with van der Waals surface area (Å²) in [6.45, 7) is 3.96. The zero-order valence-corrected chi connectivity index (χ0v) is 10.2. The van der Waals surface area contributed by atoms with Crippen LogP contribution >= 0.6 is 15.9 Å². The van der Waals surface area contributed by atoms with Crippen molar-refractivity contribution in [3.05, 3.63) is 44.7 Å². The van der Waals surface area contributed by atoms with Crippen LogP contribution in [0.25, 0.3) is 11.0 Å². The first-order valence-electron chi connectivity index (χ1n) is 4.80. The van der Waals surface area contributed by atoms with Gasteiger partial charge < -0.3 is 4.42 Å². The molecule has 0 aliphatic carbocycles. The van der Waals surface area contributed by atoms with Gasteiger partial charge in [0.25, 0.3) is 0 Å². The second-order valence-corrected chi connectivity index (χ2v) is 4.73. The minimum atomic E-state index is 0.0625. The highest BCUT2D eigenvalue weighted by Crippen LogP contribution is 2.19. The van der Waals surface area contributed by atoms with Crippen molar-refractivity contribution >= 4 is 26.9 Å². The van der Waals surface area contributed by atoms with E-state index in [0.717, 1.165) is 10.0 Å². The molecule has 1 aromatic carbocycles. The van der Waals surface area contributed by atoms with Gasteiger partial charge in [-0.2, -0.15) is 0 Å². The maximum Gasteiger partial charge on any atom is 0.196 e. The molecule has 2 nitrogen and oxygen atoms in total. The van der Waals surface area contributed by atoms with E-state index < -0.39 is 0 Å². The molecule has 1 heterocycles. The molecule has 0 N–H and O–H groups in total. The molecular formula is C12H11BrO2. The lowest BCUT2D eigenvalue weighted by atomic mass is 10.0. The van der Waals surface area contributed by atoms with Gasteiger partial charge in [0.15, 0.2) is 5.43 Å². The van der Waals surface area contributed by atoms with Crippen molar-refractivity contribution in [1.82, 2.24) is 0 Å². The van der Waals surface area contributed by atoms with E-state index in [9.17, 15) is 4.79 Å². The zero-order chi connectivity index (χ0) is 11.0. The molecule has 0 unspecified atom stereocenters. The van der Waals surface area contributed by atoms with Crippen LogP contribution in [0, 0.1) is 0 Å². The Morgan fingerprint density at radius 1 is 1.33 bits per heavy atom. The molecule has 0 atom stereocenters. The summed E-state index contributed by atoms with van der Waals surface area (Å²) < 4.78 is 6.31. The molecule has 2 aromatic rings. The van der Waals surface area contributed by atoms with Crippen molar-refractivity contribution in [2.45, 2.75) is 19.8 Å². The first kappa shape index (κ1) is 10.4. The van der Waals surface area contributed by atoms with Crippen molar-refractivity contribution in [2.24, 2.45) is 0 Å². The van der Waals surface area contributed by atoms with Crippen LogP contribution in [0.5, 0.6) is 0 Å². The molecule has 2 rings (SSSR count). The van der Waals surface area contributed by atoms with Crippen molar-refractivity contribution in [2.75, 3.05) is 0 Å². The molecule has 0 aliphatic rings. The highest BCUT2D eigenvalue weighted by atomic mass is 79.9. The highest BCUT2D eigenvalue weighted by molar-refractivity contribution is 9.10. The highest BCUT2D eigenvalue weighted by Gasteiger charge is 2.09. The first-order chi connectivity index (χ1) is 7.09. The van der Waals surface area contributed by atoms with E-state index in [0.29, 0.717) is 11.0 Å². The Bertz CT molecular complexity index is 555.